The predicted octanol–water partition coefficient (Wildman–Crippen LogP) is -0.308. The molecule has 0 aromatic carbocycles. The van der Waals surface area contributed by atoms with Gasteiger partial charge in [0, 0.05) is 13.7 Å². The second-order valence-electron chi connectivity index (χ2n) is 4.43. The van der Waals surface area contributed by atoms with Crippen LogP contribution in [-0.2, 0) is 19.0 Å². The average molecular weight is 261 g/mol. The molecule has 4 unspecified atom stereocenters. The Morgan fingerprint density at radius 3 is 2.67 bits per heavy atom. The van der Waals surface area contributed by atoms with Gasteiger partial charge in [0.1, 0.15) is 12.2 Å². The molecule has 0 aromatic rings. The molecule has 0 aliphatic carbocycles. The number of amides is 1. The molecule has 0 radical (unpaired) electrons. The van der Waals surface area contributed by atoms with Crippen molar-refractivity contribution >= 4 is 5.91 Å². The minimum Gasteiger partial charge on any atom is -0.384 e. The van der Waals surface area contributed by atoms with Crippen LogP contribution in [0, 0.1) is 0 Å². The molecule has 1 aliphatic heterocycles. The number of nitrogens with one attached hydrogen (secondary N) is 1. The molecule has 1 rings (SSSR count). The first-order valence-electron chi connectivity index (χ1n) is 6.30. The van der Waals surface area contributed by atoms with Crippen molar-refractivity contribution < 1.29 is 24.1 Å². The van der Waals surface area contributed by atoms with E-state index >= 15 is 0 Å². The molecule has 1 amide bonds. The van der Waals surface area contributed by atoms with Crippen molar-refractivity contribution in [1.82, 2.24) is 5.32 Å². The Morgan fingerprint density at radius 2 is 2.22 bits per heavy atom. The van der Waals surface area contributed by atoms with Crippen LogP contribution in [0.3, 0.4) is 0 Å². The fraction of sp³-hybridized carbons (Fsp3) is 0.917. The lowest BCUT2D eigenvalue weighted by Crippen LogP contribution is -2.47. The van der Waals surface area contributed by atoms with E-state index in [-0.39, 0.29) is 18.3 Å². The molecule has 4 atom stereocenters. The van der Waals surface area contributed by atoms with Gasteiger partial charge >= 0.3 is 0 Å². The topological polar surface area (TPSA) is 77.0 Å². The van der Waals surface area contributed by atoms with Gasteiger partial charge in [-0.1, -0.05) is 6.92 Å². The van der Waals surface area contributed by atoms with Crippen LogP contribution in [-0.4, -0.2) is 62.3 Å². The quantitative estimate of drug-likeness (QED) is 0.686. The van der Waals surface area contributed by atoms with Crippen LogP contribution < -0.4 is 5.32 Å². The van der Waals surface area contributed by atoms with Gasteiger partial charge in [-0.15, -0.1) is 0 Å². The summed E-state index contributed by atoms with van der Waals surface area (Å²) < 4.78 is 16.6. The van der Waals surface area contributed by atoms with Gasteiger partial charge in [-0.3, -0.25) is 4.79 Å². The minimum absolute atomic E-state index is 0.0398. The van der Waals surface area contributed by atoms with E-state index in [0.29, 0.717) is 19.8 Å². The third-order valence-corrected chi connectivity index (χ3v) is 3.00. The Labute approximate surface area is 108 Å². The first-order chi connectivity index (χ1) is 8.58. The summed E-state index contributed by atoms with van der Waals surface area (Å²) in [6.45, 7) is 4.69. The summed E-state index contributed by atoms with van der Waals surface area (Å²) in [6.07, 6.45) is -0.311. The number of carbonyl (C=O) groups is 1. The molecule has 0 bridgehead atoms. The molecule has 1 heterocycles. The van der Waals surface area contributed by atoms with E-state index < -0.39 is 12.0 Å². The van der Waals surface area contributed by atoms with Gasteiger partial charge in [-0.25, -0.2) is 0 Å². The second kappa shape index (κ2) is 7.68. The van der Waals surface area contributed by atoms with E-state index in [1.807, 2.05) is 6.92 Å². The Balaban J connectivity index is 2.25. The zero-order valence-corrected chi connectivity index (χ0v) is 11.2. The van der Waals surface area contributed by atoms with Crippen LogP contribution in [0.25, 0.3) is 0 Å². The summed E-state index contributed by atoms with van der Waals surface area (Å²) in [7, 11) is 1.66. The molecular weight excluding hydrogens is 238 g/mol. The fourth-order valence-corrected chi connectivity index (χ4v) is 1.83. The Hall–Kier alpha value is -0.690. The van der Waals surface area contributed by atoms with Gasteiger partial charge in [-0.05, 0) is 13.3 Å². The highest BCUT2D eigenvalue weighted by Crippen LogP contribution is 2.14. The van der Waals surface area contributed by atoms with E-state index in [1.165, 1.54) is 6.92 Å². The summed E-state index contributed by atoms with van der Waals surface area (Å²) in [5, 5.41) is 11.6. The number of hydrogen-bond acceptors (Lipinski definition) is 5. The zero-order valence-electron chi connectivity index (χ0n) is 11.2. The normalized spacial score (nSPS) is 27.6. The van der Waals surface area contributed by atoms with Gasteiger partial charge in [0.2, 0.25) is 5.91 Å². The van der Waals surface area contributed by atoms with E-state index in [9.17, 15) is 4.79 Å². The SMILES string of the molecule is CCC(OC)C1COC(CNC(=O)C(C)O)CO1. The number of methoxy groups -OCH3 is 1. The summed E-state index contributed by atoms with van der Waals surface area (Å²) in [5.41, 5.74) is 0. The highest BCUT2D eigenvalue weighted by atomic mass is 16.6. The van der Waals surface area contributed by atoms with Crippen molar-refractivity contribution in [2.75, 3.05) is 26.9 Å². The lowest BCUT2D eigenvalue weighted by Gasteiger charge is -2.33. The molecule has 106 valence electrons. The van der Waals surface area contributed by atoms with E-state index in [4.69, 9.17) is 19.3 Å². The number of hydrogen-bond donors (Lipinski definition) is 2. The Kier molecular flexibility index (Phi) is 6.56. The number of carbonyl (C=O) groups excluding carboxylic acids is 1. The third kappa shape index (κ3) is 4.53. The first kappa shape index (κ1) is 15.4. The molecule has 2 N–H and O–H groups in total. The largest absolute Gasteiger partial charge is 0.384 e. The monoisotopic (exact) mass is 261 g/mol. The summed E-state index contributed by atoms with van der Waals surface area (Å²) in [4.78, 5) is 11.2. The van der Waals surface area contributed by atoms with E-state index in [1.54, 1.807) is 7.11 Å². The molecule has 0 spiro atoms. The van der Waals surface area contributed by atoms with Crippen molar-refractivity contribution in [3.8, 4) is 0 Å². The average Bonchev–Trinajstić information content (AvgIpc) is 2.38. The van der Waals surface area contributed by atoms with Crippen LogP contribution in [0.1, 0.15) is 20.3 Å². The highest BCUT2D eigenvalue weighted by molar-refractivity contribution is 5.79. The predicted molar refractivity (Wildman–Crippen MR) is 65.3 cm³/mol. The van der Waals surface area contributed by atoms with Crippen molar-refractivity contribution in [2.24, 2.45) is 0 Å². The standard InChI is InChI=1S/C12H23NO5/c1-4-10(16-3)11-7-17-9(6-18-11)5-13-12(15)8(2)14/h8-11,14H,4-7H2,1-3H3,(H,13,15). The van der Waals surface area contributed by atoms with E-state index in [2.05, 4.69) is 5.32 Å². The Morgan fingerprint density at radius 1 is 1.50 bits per heavy atom. The Bertz CT molecular complexity index is 247. The fourth-order valence-electron chi connectivity index (χ4n) is 1.83. The summed E-state index contributed by atoms with van der Waals surface area (Å²) >= 11 is 0. The number of aliphatic hydroxyl groups excluding tert-OH is 1. The van der Waals surface area contributed by atoms with Crippen LogP contribution in [0.2, 0.25) is 0 Å². The maximum absolute atomic E-state index is 11.2. The smallest absolute Gasteiger partial charge is 0.248 e. The molecule has 6 heteroatoms. The van der Waals surface area contributed by atoms with Gasteiger partial charge < -0.3 is 24.6 Å². The first-order valence-corrected chi connectivity index (χ1v) is 6.30. The van der Waals surface area contributed by atoms with Crippen molar-refractivity contribution in [3.05, 3.63) is 0 Å². The summed E-state index contributed by atoms with van der Waals surface area (Å²) in [6, 6.07) is 0. The molecule has 1 aliphatic rings. The molecule has 1 saturated heterocycles. The lowest BCUT2D eigenvalue weighted by atomic mass is 10.1. The van der Waals surface area contributed by atoms with Crippen LogP contribution >= 0.6 is 0 Å². The lowest BCUT2D eigenvalue weighted by molar-refractivity contribution is -0.171. The molecule has 0 saturated carbocycles. The van der Waals surface area contributed by atoms with Crippen molar-refractivity contribution in [1.29, 1.82) is 0 Å². The molecule has 18 heavy (non-hydrogen) atoms. The van der Waals surface area contributed by atoms with E-state index in [0.717, 1.165) is 6.42 Å². The molecule has 6 nitrogen and oxygen atoms in total. The number of aliphatic hydroxyl groups is 1. The zero-order chi connectivity index (χ0) is 13.5. The van der Waals surface area contributed by atoms with Crippen molar-refractivity contribution in [3.63, 3.8) is 0 Å². The maximum atomic E-state index is 11.2. The third-order valence-electron chi connectivity index (χ3n) is 3.00. The van der Waals surface area contributed by atoms with Crippen LogP contribution in [0.15, 0.2) is 0 Å². The summed E-state index contributed by atoms with van der Waals surface area (Å²) in [5.74, 6) is -0.399. The van der Waals surface area contributed by atoms with Crippen LogP contribution in [0.4, 0.5) is 0 Å². The van der Waals surface area contributed by atoms with Gasteiger partial charge in [-0.2, -0.15) is 0 Å². The minimum atomic E-state index is -1.000. The number of rotatable bonds is 6. The van der Waals surface area contributed by atoms with Crippen molar-refractivity contribution in [2.45, 2.75) is 44.7 Å². The second-order valence-corrected chi connectivity index (χ2v) is 4.43. The molecule has 1 fully saturated rings. The number of ether oxygens (including phenoxy) is 3. The van der Waals surface area contributed by atoms with Crippen LogP contribution in [0.5, 0.6) is 0 Å². The van der Waals surface area contributed by atoms with Gasteiger partial charge in [0.15, 0.2) is 0 Å². The van der Waals surface area contributed by atoms with Gasteiger partial charge in [0.25, 0.3) is 0 Å². The van der Waals surface area contributed by atoms with Gasteiger partial charge in [0.05, 0.1) is 25.4 Å². The highest BCUT2D eigenvalue weighted by Gasteiger charge is 2.28. The molecular formula is C12H23NO5. The maximum Gasteiger partial charge on any atom is 0.248 e. The molecule has 0 aromatic heterocycles.